The molecule has 0 saturated heterocycles. The molecule has 100 valence electrons. The van der Waals surface area contributed by atoms with Crippen molar-refractivity contribution >= 4 is 5.91 Å². The third-order valence-corrected chi connectivity index (χ3v) is 2.58. The van der Waals surface area contributed by atoms with Crippen LogP contribution in [0.4, 0.5) is 0 Å². The van der Waals surface area contributed by atoms with Crippen LogP contribution in [0, 0.1) is 6.92 Å². The number of hydrogen-bond donors (Lipinski definition) is 2. The summed E-state index contributed by atoms with van der Waals surface area (Å²) in [5, 5.41) is 5.95. The summed E-state index contributed by atoms with van der Waals surface area (Å²) in [5.74, 6) is 0.796. The zero-order chi connectivity index (χ0) is 13.5. The van der Waals surface area contributed by atoms with Gasteiger partial charge in [-0.15, -0.1) is 0 Å². The number of carbonyl (C=O) groups is 1. The fourth-order valence-corrected chi connectivity index (χ4v) is 1.60. The van der Waals surface area contributed by atoms with Crippen molar-refractivity contribution in [1.82, 2.24) is 10.6 Å². The second-order valence-corrected chi connectivity index (χ2v) is 4.63. The molecule has 18 heavy (non-hydrogen) atoms. The van der Waals surface area contributed by atoms with Gasteiger partial charge in [0.1, 0.15) is 5.75 Å². The van der Waals surface area contributed by atoms with Gasteiger partial charge >= 0.3 is 0 Å². The monoisotopic (exact) mass is 250 g/mol. The Bertz CT molecular complexity index is 403. The molecule has 1 aromatic carbocycles. The van der Waals surface area contributed by atoms with Crippen LogP contribution in [0.1, 0.15) is 25.0 Å². The lowest BCUT2D eigenvalue weighted by molar-refractivity contribution is -0.120. The van der Waals surface area contributed by atoms with E-state index in [-0.39, 0.29) is 5.91 Å². The Labute approximate surface area is 109 Å². The van der Waals surface area contributed by atoms with Crippen molar-refractivity contribution in [3.63, 3.8) is 0 Å². The van der Waals surface area contributed by atoms with Gasteiger partial charge in [0.25, 0.3) is 0 Å². The molecule has 0 spiro atoms. The maximum absolute atomic E-state index is 11.6. The van der Waals surface area contributed by atoms with E-state index in [1.165, 1.54) is 0 Å². The van der Waals surface area contributed by atoms with Crippen molar-refractivity contribution in [3.8, 4) is 5.75 Å². The first kappa shape index (κ1) is 14.5. The lowest BCUT2D eigenvalue weighted by Crippen LogP contribution is -2.36. The molecule has 4 heteroatoms. The number of aryl methyl sites for hydroxylation is 1. The maximum Gasteiger partial charge on any atom is 0.234 e. The zero-order valence-corrected chi connectivity index (χ0v) is 11.5. The molecule has 0 aliphatic rings. The van der Waals surface area contributed by atoms with E-state index in [1.54, 1.807) is 7.11 Å². The summed E-state index contributed by atoms with van der Waals surface area (Å²) in [5.41, 5.74) is 2.15. The van der Waals surface area contributed by atoms with E-state index in [0.717, 1.165) is 16.9 Å². The van der Waals surface area contributed by atoms with Crippen molar-refractivity contribution in [2.24, 2.45) is 0 Å². The van der Waals surface area contributed by atoms with Crippen LogP contribution in [-0.4, -0.2) is 25.6 Å². The van der Waals surface area contributed by atoms with Crippen LogP contribution in [0.5, 0.6) is 5.75 Å². The van der Waals surface area contributed by atoms with Gasteiger partial charge in [-0.25, -0.2) is 0 Å². The van der Waals surface area contributed by atoms with Crippen LogP contribution in [0.2, 0.25) is 0 Å². The number of ether oxygens (including phenoxy) is 1. The highest BCUT2D eigenvalue weighted by atomic mass is 16.5. The highest BCUT2D eigenvalue weighted by Gasteiger charge is 2.06. The Balaban J connectivity index is 2.52. The van der Waals surface area contributed by atoms with Crippen LogP contribution in [-0.2, 0) is 11.3 Å². The van der Waals surface area contributed by atoms with E-state index < -0.39 is 0 Å². The average molecular weight is 250 g/mol. The van der Waals surface area contributed by atoms with Crippen molar-refractivity contribution in [3.05, 3.63) is 29.3 Å². The molecule has 0 unspecified atom stereocenters. The van der Waals surface area contributed by atoms with Crippen LogP contribution in [0.15, 0.2) is 18.2 Å². The van der Waals surface area contributed by atoms with E-state index in [4.69, 9.17) is 4.74 Å². The summed E-state index contributed by atoms with van der Waals surface area (Å²) in [6.07, 6.45) is 0. The van der Waals surface area contributed by atoms with Crippen LogP contribution in [0.25, 0.3) is 0 Å². The first-order valence-electron chi connectivity index (χ1n) is 6.16. The molecule has 1 amide bonds. The van der Waals surface area contributed by atoms with Crippen LogP contribution < -0.4 is 15.4 Å². The van der Waals surface area contributed by atoms with E-state index in [2.05, 4.69) is 10.6 Å². The van der Waals surface area contributed by atoms with E-state index in [0.29, 0.717) is 19.1 Å². The highest BCUT2D eigenvalue weighted by molar-refractivity contribution is 5.78. The Morgan fingerprint density at radius 1 is 1.39 bits per heavy atom. The largest absolute Gasteiger partial charge is 0.496 e. The average Bonchev–Trinajstić information content (AvgIpc) is 2.34. The Kier molecular flexibility index (Phi) is 5.65. The molecule has 0 heterocycles. The number of amides is 1. The minimum Gasteiger partial charge on any atom is -0.496 e. The SMILES string of the molecule is COc1ccc(C)cc1CNC(=O)CNC(C)C. The van der Waals surface area contributed by atoms with Gasteiger partial charge in [-0.3, -0.25) is 4.79 Å². The summed E-state index contributed by atoms with van der Waals surface area (Å²) in [4.78, 5) is 11.6. The number of hydrogen-bond acceptors (Lipinski definition) is 3. The maximum atomic E-state index is 11.6. The second-order valence-electron chi connectivity index (χ2n) is 4.63. The molecule has 0 atom stereocenters. The fraction of sp³-hybridized carbons (Fsp3) is 0.500. The van der Waals surface area contributed by atoms with Gasteiger partial charge in [0.2, 0.25) is 5.91 Å². The van der Waals surface area contributed by atoms with Crippen LogP contribution in [0.3, 0.4) is 0 Å². The van der Waals surface area contributed by atoms with Gasteiger partial charge < -0.3 is 15.4 Å². The lowest BCUT2D eigenvalue weighted by Gasteiger charge is -2.12. The molecule has 2 N–H and O–H groups in total. The van der Waals surface area contributed by atoms with E-state index in [1.807, 2.05) is 39.0 Å². The second kappa shape index (κ2) is 7.01. The lowest BCUT2D eigenvalue weighted by atomic mass is 10.1. The van der Waals surface area contributed by atoms with Crippen molar-refractivity contribution in [2.45, 2.75) is 33.4 Å². The Morgan fingerprint density at radius 3 is 2.72 bits per heavy atom. The molecule has 0 radical (unpaired) electrons. The van der Waals surface area contributed by atoms with Crippen LogP contribution >= 0.6 is 0 Å². The quantitative estimate of drug-likeness (QED) is 0.806. The minimum absolute atomic E-state index is 0.00717. The van der Waals surface area contributed by atoms with Gasteiger partial charge in [-0.05, 0) is 13.0 Å². The molecule has 0 aromatic heterocycles. The Morgan fingerprint density at radius 2 is 2.11 bits per heavy atom. The summed E-state index contributed by atoms with van der Waals surface area (Å²) in [6, 6.07) is 6.24. The molecule has 0 aliphatic carbocycles. The fourth-order valence-electron chi connectivity index (χ4n) is 1.60. The Hall–Kier alpha value is -1.55. The number of carbonyl (C=O) groups excluding carboxylic acids is 1. The van der Waals surface area contributed by atoms with Gasteiger partial charge in [0, 0.05) is 18.2 Å². The first-order valence-corrected chi connectivity index (χ1v) is 6.16. The van der Waals surface area contributed by atoms with Crippen molar-refractivity contribution < 1.29 is 9.53 Å². The highest BCUT2D eigenvalue weighted by Crippen LogP contribution is 2.19. The first-order chi connectivity index (χ1) is 8.52. The standard InChI is InChI=1S/C14H22N2O2/c1-10(2)15-9-14(17)16-8-12-7-11(3)5-6-13(12)18-4/h5-7,10,15H,8-9H2,1-4H3,(H,16,17). The van der Waals surface area contributed by atoms with Gasteiger partial charge in [-0.1, -0.05) is 31.5 Å². The topological polar surface area (TPSA) is 50.4 Å². The smallest absolute Gasteiger partial charge is 0.234 e. The summed E-state index contributed by atoms with van der Waals surface area (Å²) < 4.78 is 5.26. The summed E-state index contributed by atoms with van der Waals surface area (Å²) in [6.45, 7) is 6.87. The number of nitrogens with one attached hydrogen (secondary N) is 2. The van der Waals surface area contributed by atoms with Gasteiger partial charge in [-0.2, -0.15) is 0 Å². The molecule has 0 bridgehead atoms. The van der Waals surface area contributed by atoms with Crippen molar-refractivity contribution in [2.75, 3.05) is 13.7 Å². The number of rotatable bonds is 6. The molecule has 0 fully saturated rings. The molecule has 1 rings (SSSR count). The van der Waals surface area contributed by atoms with Gasteiger partial charge in [0.05, 0.1) is 13.7 Å². The zero-order valence-electron chi connectivity index (χ0n) is 11.5. The molecule has 0 aliphatic heterocycles. The normalized spacial score (nSPS) is 10.5. The molecule has 1 aromatic rings. The minimum atomic E-state index is -0.00717. The van der Waals surface area contributed by atoms with Gasteiger partial charge in [0.15, 0.2) is 0 Å². The molecular formula is C14H22N2O2. The molecule has 4 nitrogen and oxygen atoms in total. The number of benzene rings is 1. The predicted molar refractivity (Wildman–Crippen MR) is 72.7 cm³/mol. The van der Waals surface area contributed by atoms with E-state index >= 15 is 0 Å². The van der Waals surface area contributed by atoms with Crippen molar-refractivity contribution in [1.29, 1.82) is 0 Å². The third kappa shape index (κ3) is 4.75. The summed E-state index contributed by atoms with van der Waals surface area (Å²) in [7, 11) is 1.64. The predicted octanol–water partition coefficient (Wildman–Crippen LogP) is 1.62. The number of methoxy groups -OCH3 is 1. The molecule has 0 saturated carbocycles. The summed E-state index contributed by atoms with van der Waals surface area (Å²) >= 11 is 0. The third-order valence-electron chi connectivity index (χ3n) is 2.58. The van der Waals surface area contributed by atoms with E-state index in [9.17, 15) is 4.79 Å². The molecular weight excluding hydrogens is 228 g/mol.